The van der Waals surface area contributed by atoms with Gasteiger partial charge in [-0.15, -0.1) is 9.15 Å². The predicted octanol–water partition coefficient (Wildman–Crippen LogP) is 22.0. The molecule has 2 unspecified atom stereocenters. The smallest absolute Gasteiger partial charge is 0.255 e. The lowest BCUT2D eigenvalue weighted by atomic mass is 9.88. The molecule has 16 aromatic carbocycles. The third kappa shape index (κ3) is 6.49. The van der Waals surface area contributed by atoms with Gasteiger partial charge in [-0.25, -0.2) is 0 Å². The third-order valence-electron chi connectivity index (χ3n) is 22.2. The van der Waals surface area contributed by atoms with Crippen molar-refractivity contribution in [3.8, 4) is 22.9 Å². The number of pyridine rings is 2. The van der Waals surface area contributed by atoms with E-state index in [9.17, 15) is 0 Å². The minimum absolute atomic E-state index is 0.335. The molecule has 2 atom stereocenters. The zero-order valence-corrected chi connectivity index (χ0v) is 52.4. The molecule has 20 aromatic rings. The van der Waals surface area contributed by atoms with E-state index < -0.39 is 0 Å². The molecule has 98 heavy (non-hydrogen) atoms. The van der Waals surface area contributed by atoms with Crippen molar-refractivity contribution in [2.45, 2.75) is 12.2 Å². The summed E-state index contributed by atoms with van der Waals surface area (Å²) < 4.78 is 24.4. The van der Waals surface area contributed by atoms with Gasteiger partial charge in [0, 0.05) is 81.1 Å². The van der Waals surface area contributed by atoms with E-state index in [2.05, 4.69) is 273 Å². The maximum Gasteiger partial charge on any atom is 0.255 e. The fraction of sp³-hybridized carbons (Fsp3) is 0.0222. The Bertz CT molecular complexity index is 6840. The van der Waals surface area contributed by atoms with Crippen LogP contribution >= 0.6 is 0 Å². The number of aromatic nitrogens is 4. The molecule has 0 radical (unpaired) electrons. The lowest BCUT2D eigenvalue weighted by Gasteiger charge is -2.25. The zero-order chi connectivity index (χ0) is 63.3. The van der Waals surface area contributed by atoms with E-state index in [0.29, 0.717) is 0 Å². The Kier molecular flexibility index (Phi) is 9.68. The summed E-state index contributed by atoms with van der Waals surface area (Å²) >= 11 is 0. The van der Waals surface area contributed by atoms with Gasteiger partial charge in [0.25, 0.3) is 11.4 Å². The van der Waals surface area contributed by atoms with Crippen LogP contribution in [0.1, 0.15) is 0 Å². The van der Waals surface area contributed by atoms with E-state index in [4.69, 9.17) is 19.4 Å². The Morgan fingerprint density at radius 1 is 0.286 bits per heavy atom. The van der Waals surface area contributed by atoms with Crippen LogP contribution in [-0.4, -0.2) is 42.7 Å². The summed E-state index contributed by atoms with van der Waals surface area (Å²) in [5.74, 6) is 1.65. The molecular formula is C90H50N6O2+2. The largest absolute Gasteiger partial charge is 0.468 e. The second-order valence-electron chi connectivity index (χ2n) is 27.0. The summed E-state index contributed by atoms with van der Waals surface area (Å²) in [5, 5.41) is 31.8. The maximum atomic E-state index is 7.28. The van der Waals surface area contributed by atoms with Gasteiger partial charge >= 0.3 is 0 Å². The van der Waals surface area contributed by atoms with Crippen molar-refractivity contribution in [1.29, 1.82) is 0 Å². The Hall–Kier alpha value is -13.0. The Labute approximate surface area is 557 Å². The first-order chi connectivity index (χ1) is 48.6. The van der Waals surface area contributed by atoms with Crippen molar-refractivity contribution < 1.29 is 9.47 Å². The highest BCUT2D eigenvalue weighted by molar-refractivity contribution is 6.41. The molecule has 2 aliphatic carbocycles. The van der Waals surface area contributed by atoms with Crippen LogP contribution in [0.3, 0.4) is 0 Å². The quantitative estimate of drug-likeness (QED) is 0.100. The van der Waals surface area contributed by atoms with Crippen LogP contribution in [0.4, 0.5) is 22.7 Å². The highest BCUT2D eigenvalue weighted by Gasteiger charge is 2.41. The van der Waals surface area contributed by atoms with Gasteiger partial charge in [-0.2, -0.15) is 0 Å². The highest BCUT2D eigenvalue weighted by Crippen LogP contribution is 2.54. The molecule has 0 saturated heterocycles. The Balaban J connectivity index is 0.745. The molecule has 6 heterocycles. The van der Waals surface area contributed by atoms with Crippen LogP contribution in [0, 0.1) is 0 Å². The second kappa shape index (κ2) is 18.5. The number of hydrogen-bond acceptors (Lipinski definition) is 4. The molecule has 450 valence electrons. The first-order valence-corrected chi connectivity index (χ1v) is 33.7. The minimum atomic E-state index is -0.335. The van der Waals surface area contributed by atoms with Crippen molar-refractivity contribution in [3.63, 3.8) is 0 Å². The van der Waals surface area contributed by atoms with Gasteiger partial charge in [0.1, 0.15) is 0 Å². The van der Waals surface area contributed by atoms with Gasteiger partial charge < -0.3 is 18.6 Å². The van der Waals surface area contributed by atoms with Gasteiger partial charge in [0.15, 0.2) is 11.5 Å². The molecule has 4 aromatic heterocycles. The van der Waals surface area contributed by atoms with Crippen LogP contribution in [0.15, 0.2) is 292 Å². The lowest BCUT2D eigenvalue weighted by Crippen LogP contribution is -2.36. The molecular weight excluding hydrogens is 1200 g/mol. The number of rotatable bonds is 4. The molecule has 0 N–H and O–H groups in total. The summed E-state index contributed by atoms with van der Waals surface area (Å²) in [4.78, 5) is 9.52. The highest BCUT2D eigenvalue weighted by atomic mass is 16.5. The summed E-state index contributed by atoms with van der Waals surface area (Å²) in [6, 6.07) is 82.0. The van der Waals surface area contributed by atoms with E-state index in [-0.39, 0.29) is 12.2 Å². The monoisotopic (exact) mass is 1250 g/mol. The van der Waals surface area contributed by atoms with Crippen molar-refractivity contribution in [1.82, 2.24) is 28.3 Å². The molecule has 0 amide bonds. The topological polar surface area (TPSA) is 60.1 Å². The number of fused-ring (bicyclic) bond motifs is 16. The summed E-state index contributed by atoms with van der Waals surface area (Å²) in [5.41, 5.74) is 12.6. The van der Waals surface area contributed by atoms with Gasteiger partial charge in [-0.3, -0.25) is 9.97 Å². The van der Waals surface area contributed by atoms with Gasteiger partial charge in [0.2, 0.25) is 35.0 Å². The van der Waals surface area contributed by atoms with Crippen LogP contribution in [0.5, 0.6) is 11.5 Å². The van der Waals surface area contributed by atoms with E-state index in [1.165, 1.54) is 118 Å². The van der Waals surface area contributed by atoms with Gasteiger partial charge in [-0.05, 0) is 182 Å². The van der Waals surface area contributed by atoms with E-state index in [1.54, 1.807) is 0 Å². The fourth-order valence-electron chi connectivity index (χ4n) is 18.4. The number of nitrogens with zero attached hydrogens (tertiary/aromatic N) is 6. The molecule has 0 fully saturated rings. The number of benzene rings is 16. The van der Waals surface area contributed by atoms with E-state index in [0.717, 1.165) is 101 Å². The molecule has 0 spiro atoms. The molecule has 0 saturated carbocycles. The molecule has 8 nitrogen and oxygen atoms in total. The zero-order valence-electron chi connectivity index (χ0n) is 52.4. The Morgan fingerprint density at radius 3 is 1.12 bits per heavy atom. The van der Waals surface area contributed by atoms with Crippen LogP contribution in [-0.2, 0) is 0 Å². The molecule has 8 heteroatoms. The van der Waals surface area contributed by atoms with Crippen LogP contribution < -0.4 is 18.6 Å². The van der Waals surface area contributed by atoms with Crippen molar-refractivity contribution in [2.75, 3.05) is 0 Å². The number of hydrogen-bond donors (Lipinski definition) is 0. The summed E-state index contributed by atoms with van der Waals surface area (Å²) in [6.45, 7) is 0. The SMILES string of the molecule is C1=CC2=[N+](c3ccc4ccc5c([N+]6=C7C=CC=CC7Oc7cc8c9c%10cccc%11c%12cccc%13cccc(c(cc9n(-c9cccnc9)c8cc76)c%11%10)c%13%12)ccc6ccc3c4c65)c3cc4c(cc3OC2C=C1)c1c2cccc3c5cccc6cccc(c(cc1n4-c1cccnc1)c32)c65. The fourth-order valence-corrected chi connectivity index (χ4v) is 18.4. The normalized spacial score (nSPS) is 16.1. The van der Waals surface area contributed by atoms with Crippen molar-refractivity contribution in [3.05, 3.63) is 292 Å². The van der Waals surface area contributed by atoms with E-state index >= 15 is 0 Å². The lowest BCUT2D eigenvalue weighted by molar-refractivity contribution is 0.304. The standard InChI is InChI=1S/C90H50N6O2/c1-3-29-79-71(27-1)95(75-45-73-67(43-81(75)97-79)89-63-25-9-23-57-55-19-5-13-49-15-7-21-59(83(49)55)65(87(57)63)41-77(89)93(73)53-17-11-39-91-47-53)69-37-33-51-32-36-62-70(38-34-52-31-35-61(69)85(51)86(52)62)96-72-28-2-4-30-80(72)98-82-44-68-74(46-76(82)96)94(54-18-12-40-92-48-54)78-42-66-60-22-8-16-50-14-6-20-56(84(50)60)58-24-10-26-64(88(58)66)90(68)78/h1-48,79-80H/q+2. The maximum absolute atomic E-state index is 7.28. The third-order valence-corrected chi connectivity index (χ3v) is 22.2. The number of ether oxygens (including phenoxy) is 2. The average molecular weight is 1250 g/mol. The molecule has 0 bridgehead atoms. The summed E-state index contributed by atoms with van der Waals surface area (Å²) in [6.07, 6.45) is 24.4. The second-order valence-corrected chi connectivity index (χ2v) is 27.0. The first kappa shape index (κ1) is 51.4. The number of allylic oxidation sites excluding steroid dienone is 4. The van der Waals surface area contributed by atoms with Gasteiger partial charge in [0.05, 0.1) is 56.6 Å². The van der Waals surface area contributed by atoms with E-state index in [1.807, 2.05) is 36.9 Å². The van der Waals surface area contributed by atoms with Crippen LogP contribution in [0.25, 0.3) is 173 Å². The average Bonchev–Trinajstić information content (AvgIpc) is 1.34. The minimum Gasteiger partial charge on any atom is -0.468 e. The molecule has 24 rings (SSSR count). The summed E-state index contributed by atoms with van der Waals surface area (Å²) in [7, 11) is 0. The van der Waals surface area contributed by atoms with Gasteiger partial charge in [-0.1, -0.05) is 146 Å². The van der Waals surface area contributed by atoms with Crippen molar-refractivity contribution in [2.24, 2.45) is 0 Å². The first-order valence-electron chi connectivity index (χ1n) is 33.7. The Morgan fingerprint density at radius 2 is 0.684 bits per heavy atom. The van der Waals surface area contributed by atoms with Crippen molar-refractivity contribution >= 4 is 196 Å². The molecule has 2 aliphatic heterocycles. The molecule has 4 aliphatic rings. The van der Waals surface area contributed by atoms with Crippen LogP contribution in [0.2, 0.25) is 0 Å². The predicted molar refractivity (Wildman–Crippen MR) is 408 cm³/mol.